The minimum atomic E-state index is -0.720. The predicted octanol–water partition coefficient (Wildman–Crippen LogP) is 1.78. The third-order valence-corrected chi connectivity index (χ3v) is 2.60. The summed E-state index contributed by atoms with van der Waals surface area (Å²) < 4.78 is 4.73. The summed E-state index contributed by atoms with van der Waals surface area (Å²) in [5.41, 5.74) is 8.61. The van der Waals surface area contributed by atoms with Gasteiger partial charge in [-0.2, -0.15) is 10.1 Å². The molecule has 0 heterocycles. The summed E-state index contributed by atoms with van der Waals surface area (Å²) in [6, 6.07) is 1.94. The zero-order valence-corrected chi connectivity index (χ0v) is 13.1. The average molecular weight is 337 g/mol. The largest absolute Gasteiger partial charge is 0.457 e. The first-order valence-corrected chi connectivity index (χ1v) is 6.42. The second-order valence-corrected chi connectivity index (χ2v) is 3.96. The van der Waals surface area contributed by atoms with Gasteiger partial charge in [-0.15, -0.1) is 0 Å². The zero-order chi connectivity index (χ0) is 15.5. The molecule has 22 heavy (non-hydrogen) atoms. The molecule has 0 aromatic heterocycles. The van der Waals surface area contributed by atoms with E-state index in [0.717, 1.165) is 0 Å². The molecule has 0 spiro atoms. The number of carbonyl (C=O) groups excluding carboxylic acids is 1. The molecule has 0 saturated heterocycles. The van der Waals surface area contributed by atoms with E-state index in [-0.39, 0.29) is 29.4 Å². The molecule has 10 radical (unpaired) electrons. The van der Waals surface area contributed by atoms with Gasteiger partial charge in [-0.1, -0.05) is 0 Å². The van der Waals surface area contributed by atoms with Gasteiger partial charge >= 0.3 is 11.7 Å². The smallest absolute Gasteiger partial charge is 0.417 e. The number of hydrogen-bond donors (Lipinski definition) is 0. The molecule has 0 bridgehead atoms. The molecular weight excluding hydrogens is 322 g/mol. The van der Waals surface area contributed by atoms with Crippen molar-refractivity contribution >= 4 is 11.7 Å². The second kappa shape index (κ2) is 12.4. The minimum Gasteiger partial charge on any atom is -0.457 e. The van der Waals surface area contributed by atoms with Crippen LogP contribution in [0.2, 0.25) is 0 Å². The Bertz CT molecular complexity index is 416. The number of esters is 1. The van der Waals surface area contributed by atoms with Crippen molar-refractivity contribution in [2.75, 3.05) is 6.61 Å². The van der Waals surface area contributed by atoms with Gasteiger partial charge in [0.05, 0.1) is 24.5 Å². The standard InChI is InChI=1S/C11H10N3O2.C5H5.Fe/c1-2-16-11(15)10(14-13)9-6-4-3-5-8(9)7-12;1-2-4-5-3-1;/h3-6,9H,2H2,1H3;1-5H;/t9-;;/m0../s1. The summed E-state index contributed by atoms with van der Waals surface area (Å²) in [6.45, 7) is 1.84. The van der Waals surface area contributed by atoms with Crippen LogP contribution in [-0.2, 0) is 26.6 Å². The van der Waals surface area contributed by atoms with Crippen molar-refractivity contribution in [3.63, 3.8) is 0 Å². The number of ether oxygens (including phenoxy) is 1. The van der Waals surface area contributed by atoms with Gasteiger partial charge in [0.2, 0.25) is 0 Å². The van der Waals surface area contributed by atoms with Crippen molar-refractivity contribution in [1.29, 1.82) is 5.26 Å². The number of rotatable bonds is 3. The van der Waals surface area contributed by atoms with Crippen LogP contribution in [0.1, 0.15) is 6.92 Å². The number of nitrogens with zero attached hydrogens (tertiary/aromatic N) is 3. The van der Waals surface area contributed by atoms with E-state index in [1.807, 2.05) is 38.2 Å². The summed E-state index contributed by atoms with van der Waals surface area (Å²) in [4.78, 5) is 14.4. The van der Waals surface area contributed by atoms with Crippen molar-refractivity contribution in [2.24, 2.45) is 5.92 Å². The van der Waals surface area contributed by atoms with E-state index in [4.69, 9.17) is 15.5 Å². The van der Waals surface area contributed by atoms with Gasteiger partial charge in [0.25, 0.3) is 0 Å². The van der Waals surface area contributed by atoms with Crippen LogP contribution in [0, 0.1) is 81.0 Å². The summed E-state index contributed by atoms with van der Waals surface area (Å²) in [7, 11) is 0. The first-order chi connectivity index (χ1) is 10.2. The van der Waals surface area contributed by atoms with Gasteiger partial charge in [0.15, 0.2) is 0 Å². The third kappa shape index (κ3) is 6.75. The first kappa shape index (κ1) is 20.9. The molecule has 114 valence electrons. The van der Waals surface area contributed by atoms with Crippen LogP contribution in [0.3, 0.4) is 0 Å². The van der Waals surface area contributed by atoms with E-state index < -0.39 is 11.9 Å². The summed E-state index contributed by atoms with van der Waals surface area (Å²) in [5, 5.41) is 8.86. The second-order valence-electron chi connectivity index (χ2n) is 3.96. The number of hydrogen-bond acceptors (Lipinski definition) is 3. The van der Waals surface area contributed by atoms with Crippen molar-refractivity contribution in [2.45, 2.75) is 6.92 Å². The Hall–Kier alpha value is -1.14. The number of nitriles is 1. The van der Waals surface area contributed by atoms with Gasteiger partial charge in [-0.25, -0.2) is 4.79 Å². The average Bonchev–Trinajstić information content (AvgIpc) is 3.08. The van der Waals surface area contributed by atoms with Gasteiger partial charge in [0, 0.05) is 17.1 Å². The van der Waals surface area contributed by atoms with Crippen LogP contribution < -0.4 is 0 Å². The van der Waals surface area contributed by atoms with E-state index in [1.54, 1.807) is 32.6 Å². The van der Waals surface area contributed by atoms with Crippen LogP contribution >= 0.6 is 0 Å². The van der Waals surface area contributed by atoms with Crippen LogP contribution in [0.25, 0.3) is 5.53 Å². The van der Waals surface area contributed by atoms with E-state index in [1.165, 1.54) is 0 Å². The van der Waals surface area contributed by atoms with Crippen LogP contribution in [-0.4, -0.2) is 23.1 Å². The van der Waals surface area contributed by atoms with Crippen molar-refractivity contribution < 1.29 is 31.4 Å². The molecule has 2 aliphatic carbocycles. The molecule has 0 aliphatic heterocycles. The summed E-state index contributed by atoms with van der Waals surface area (Å²) in [5.74, 6) is -1.02. The third-order valence-electron chi connectivity index (χ3n) is 2.60. The molecule has 0 aromatic rings. The molecule has 2 rings (SSSR count). The number of carbonyl (C=O) groups is 1. The molecule has 0 aromatic carbocycles. The molecule has 5 nitrogen and oxygen atoms in total. The van der Waals surface area contributed by atoms with Gasteiger partial charge in [-0.05, 0) is 64.7 Å². The van der Waals surface area contributed by atoms with E-state index in [2.05, 4.69) is 4.79 Å². The molecule has 2 saturated carbocycles. The Morgan fingerprint density at radius 3 is 2.32 bits per heavy atom. The summed E-state index contributed by atoms with van der Waals surface area (Å²) >= 11 is 0. The van der Waals surface area contributed by atoms with E-state index >= 15 is 0 Å². The predicted molar refractivity (Wildman–Crippen MR) is 76.3 cm³/mol. The molecule has 0 amide bonds. The fourth-order valence-electron chi connectivity index (χ4n) is 1.64. The van der Waals surface area contributed by atoms with Crippen molar-refractivity contribution in [3.05, 3.63) is 69.2 Å². The van der Waals surface area contributed by atoms with E-state index in [9.17, 15) is 4.79 Å². The summed E-state index contributed by atoms with van der Waals surface area (Å²) in [6.07, 6.45) is 16.5. The molecular formula is C16H15FeN3O2. The fourth-order valence-corrected chi connectivity index (χ4v) is 1.64. The first-order valence-electron chi connectivity index (χ1n) is 6.42. The Morgan fingerprint density at radius 1 is 1.27 bits per heavy atom. The molecule has 2 aliphatic rings. The molecule has 2 fully saturated rings. The van der Waals surface area contributed by atoms with Crippen molar-refractivity contribution in [3.8, 4) is 6.07 Å². The molecule has 0 N–H and O–H groups in total. The van der Waals surface area contributed by atoms with Crippen LogP contribution in [0.5, 0.6) is 0 Å². The maximum absolute atomic E-state index is 11.4. The van der Waals surface area contributed by atoms with Gasteiger partial charge in [0.1, 0.15) is 0 Å². The molecule has 1 atom stereocenters. The zero-order valence-electron chi connectivity index (χ0n) is 12.0. The van der Waals surface area contributed by atoms with Gasteiger partial charge in [-0.3, -0.25) is 0 Å². The van der Waals surface area contributed by atoms with Gasteiger partial charge < -0.3 is 10.3 Å². The Kier molecular flexibility index (Phi) is 11.8. The van der Waals surface area contributed by atoms with Crippen LogP contribution in [0.4, 0.5) is 0 Å². The van der Waals surface area contributed by atoms with E-state index in [0.29, 0.717) is 5.92 Å². The van der Waals surface area contributed by atoms with Crippen LogP contribution in [0.15, 0.2) is 0 Å². The minimum absolute atomic E-state index is 0. The maximum atomic E-state index is 11.4. The Balaban J connectivity index is 0.000000622. The molecule has 6 heteroatoms. The fraction of sp³-hybridized carbons (Fsp3) is 0.188. The molecule has 0 unspecified atom stereocenters. The Morgan fingerprint density at radius 2 is 1.86 bits per heavy atom. The Labute approximate surface area is 143 Å². The monoisotopic (exact) mass is 337 g/mol. The van der Waals surface area contributed by atoms with Crippen molar-refractivity contribution in [1.82, 2.24) is 0 Å². The maximum Gasteiger partial charge on any atom is 0.417 e. The SMILES string of the molecule is CCOC(=O)C(=[N+]=[N-])[C@H]1[CH][CH][CH][CH][C]1C#N.[CH]1[CH][CH][CH][CH]1.[Fe]. The quantitative estimate of drug-likeness (QED) is 0.259. The topological polar surface area (TPSA) is 86.5 Å². The normalized spacial score (nSPS) is 20.5.